The molecule has 2 aliphatic rings. The Hall–Kier alpha value is -3.75. The summed E-state index contributed by atoms with van der Waals surface area (Å²) in [4.78, 5) is 51.3. The standard InChI is InChI=1S/C24H26N4O5/c1-15-6-10-17(11-7-15)25-22(29)14-21-23(30)26-19-4-2-3-5-20(19)27(21)24(31)16-8-12-18(13-9-16)28(32)33/h6-13,19-21H,2-5,14H2,1H3,(H,25,29)(H,26,30)/t19-,20+,21+/m1/s1. The highest BCUT2D eigenvalue weighted by atomic mass is 16.6. The van der Waals surface area contributed by atoms with Crippen LogP contribution in [0.25, 0.3) is 0 Å². The van der Waals surface area contributed by atoms with Gasteiger partial charge in [0.1, 0.15) is 6.04 Å². The SMILES string of the molecule is Cc1ccc(NC(=O)C[C@H]2C(=O)N[C@@H]3CCCC[C@@H]3N2C(=O)c2ccc([N+](=O)[O-])cc2)cc1. The second-order valence-electron chi connectivity index (χ2n) is 8.62. The number of nitrogens with zero attached hydrogens (tertiary/aromatic N) is 2. The number of fused-ring (bicyclic) bond motifs is 1. The lowest BCUT2D eigenvalue weighted by molar-refractivity contribution is -0.384. The molecule has 0 spiro atoms. The third-order valence-corrected chi connectivity index (χ3v) is 6.33. The van der Waals surface area contributed by atoms with E-state index in [2.05, 4.69) is 10.6 Å². The molecule has 9 heteroatoms. The van der Waals surface area contributed by atoms with Crippen LogP contribution >= 0.6 is 0 Å². The Balaban J connectivity index is 1.59. The zero-order chi connectivity index (χ0) is 23.5. The van der Waals surface area contributed by atoms with Crippen molar-refractivity contribution in [2.45, 2.75) is 57.2 Å². The zero-order valence-corrected chi connectivity index (χ0v) is 18.3. The minimum atomic E-state index is -0.961. The van der Waals surface area contributed by atoms with Gasteiger partial charge in [-0.2, -0.15) is 0 Å². The number of nitro groups is 1. The minimum Gasteiger partial charge on any atom is -0.349 e. The quantitative estimate of drug-likeness (QED) is 0.535. The Labute approximate surface area is 191 Å². The normalized spacial score (nSPS) is 22.2. The summed E-state index contributed by atoms with van der Waals surface area (Å²) in [5, 5.41) is 16.8. The third-order valence-electron chi connectivity index (χ3n) is 6.33. The third kappa shape index (κ3) is 4.87. The van der Waals surface area contributed by atoms with Crippen LogP contribution in [0.15, 0.2) is 48.5 Å². The number of rotatable bonds is 5. The Morgan fingerprint density at radius 3 is 2.42 bits per heavy atom. The van der Waals surface area contributed by atoms with Gasteiger partial charge in [0.2, 0.25) is 11.8 Å². The van der Waals surface area contributed by atoms with Crippen LogP contribution in [0.5, 0.6) is 0 Å². The van der Waals surface area contributed by atoms with E-state index < -0.39 is 16.9 Å². The minimum absolute atomic E-state index is 0.118. The van der Waals surface area contributed by atoms with Gasteiger partial charge in [-0.25, -0.2) is 0 Å². The fourth-order valence-electron chi connectivity index (χ4n) is 4.63. The number of non-ortho nitro benzene ring substituents is 1. The number of piperazine rings is 1. The smallest absolute Gasteiger partial charge is 0.269 e. The number of nitrogens with one attached hydrogen (secondary N) is 2. The summed E-state index contributed by atoms with van der Waals surface area (Å²) >= 11 is 0. The van der Waals surface area contributed by atoms with E-state index in [-0.39, 0.29) is 41.6 Å². The molecule has 9 nitrogen and oxygen atoms in total. The molecule has 2 N–H and O–H groups in total. The lowest BCUT2D eigenvalue weighted by Gasteiger charge is -2.48. The van der Waals surface area contributed by atoms with E-state index in [4.69, 9.17) is 0 Å². The molecule has 1 saturated heterocycles. The van der Waals surface area contributed by atoms with Gasteiger partial charge in [-0.3, -0.25) is 24.5 Å². The first kappa shape index (κ1) is 22.4. The van der Waals surface area contributed by atoms with Crippen LogP contribution in [0.2, 0.25) is 0 Å². The van der Waals surface area contributed by atoms with E-state index in [9.17, 15) is 24.5 Å². The van der Waals surface area contributed by atoms with Crippen molar-refractivity contribution in [1.29, 1.82) is 0 Å². The second-order valence-corrected chi connectivity index (χ2v) is 8.62. The van der Waals surface area contributed by atoms with Gasteiger partial charge in [-0.1, -0.05) is 30.5 Å². The molecule has 1 aliphatic carbocycles. The number of carbonyl (C=O) groups is 3. The van der Waals surface area contributed by atoms with Crippen molar-refractivity contribution in [2.24, 2.45) is 0 Å². The monoisotopic (exact) mass is 450 g/mol. The summed E-state index contributed by atoms with van der Waals surface area (Å²) in [7, 11) is 0. The summed E-state index contributed by atoms with van der Waals surface area (Å²) in [6.45, 7) is 1.94. The highest BCUT2D eigenvalue weighted by Gasteiger charge is 2.46. The Morgan fingerprint density at radius 1 is 1.09 bits per heavy atom. The summed E-state index contributed by atoms with van der Waals surface area (Å²) in [6, 6.07) is 11.3. The predicted molar refractivity (Wildman–Crippen MR) is 122 cm³/mol. The highest BCUT2D eigenvalue weighted by Crippen LogP contribution is 2.31. The molecule has 3 atom stereocenters. The lowest BCUT2D eigenvalue weighted by Crippen LogP contribution is -2.68. The van der Waals surface area contributed by atoms with Crippen LogP contribution in [0.3, 0.4) is 0 Å². The fourth-order valence-corrected chi connectivity index (χ4v) is 4.63. The summed E-state index contributed by atoms with van der Waals surface area (Å²) in [5.74, 6) is -1.12. The number of nitro benzene ring substituents is 1. The molecule has 0 aromatic heterocycles. The molecule has 33 heavy (non-hydrogen) atoms. The van der Waals surface area contributed by atoms with Gasteiger partial charge in [-0.05, 0) is 44.0 Å². The molecule has 0 bridgehead atoms. The molecule has 0 unspecified atom stereocenters. The average Bonchev–Trinajstić information content (AvgIpc) is 2.80. The van der Waals surface area contributed by atoms with Crippen molar-refractivity contribution in [1.82, 2.24) is 10.2 Å². The predicted octanol–water partition coefficient (Wildman–Crippen LogP) is 3.18. The van der Waals surface area contributed by atoms with E-state index in [1.165, 1.54) is 29.2 Å². The molecular weight excluding hydrogens is 424 g/mol. The van der Waals surface area contributed by atoms with Gasteiger partial charge in [0, 0.05) is 29.4 Å². The lowest BCUT2D eigenvalue weighted by atomic mass is 9.84. The van der Waals surface area contributed by atoms with Crippen molar-refractivity contribution in [3.05, 3.63) is 69.8 Å². The first-order valence-electron chi connectivity index (χ1n) is 11.1. The van der Waals surface area contributed by atoms with E-state index in [0.717, 1.165) is 31.2 Å². The van der Waals surface area contributed by atoms with Gasteiger partial charge >= 0.3 is 0 Å². The molecule has 2 fully saturated rings. The molecule has 1 saturated carbocycles. The Bertz CT molecular complexity index is 1070. The van der Waals surface area contributed by atoms with E-state index in [0.29, 0.717) is 5.69 Å². The largest absolute Gasteiger partial charge is 0.349 e. The molecule has 1 heterocycles. The molecule has 1 aliphatic heterocycles. The summed E-state index contributed by atoms with van der Waals surface area (Å²) < 4.78 is 0. The first-order chi connectivity index (χ1) is 15.8. The summed E-state index contributed by atoms with van der Waals surface area (Å²) in [5.41, 5.74) is 1.81. The molecule has 0 radical (unpaired) electrons. The Kier molecular flexibility index (Phi) is 6.39. The van der Waals surface area contributed by atoms with Crippen molar-refractivity contribution < 1.29 is 19.3 Å². The fraction of sp³-hybridized carbons (Fsp3) is 0.375. The maximum Gasteiger partial charge on any atom is 0.269 e. The topological polar surface area (TPSA) is 122 Å². The maximum absolute atomic E-state index is 13.5. The van der Waals surface area contributed by atoms with E-state index >= 15 is 0 Å². The zero-order valence-electron chi connectivity index (χ0n) is 18.3. The number of anilines is 1. The van der Waals surface area contributed by atoms with Crippen molar-refractivity contribution in [3.8, 4) is 0 Å². The Morgan fingerprint density at radius 2 is 1.76 bits per heavy atom. The van der Waals surface area contributed by atoms with Crippen molar-refractivity contribution >= 4 is 29.1 Å². The van der Waals surface area contributed by atoms with Crippen molar-refractivity contribution in [3.63, 3.8) is 0 Å². The number of carbonyl (C=O) groups excluding carboxylic acids is 3. The second kappa shape index (κ2) is 9.40. The number of benzene rings is 2. The van der Waals surface area contributed by atoms with Crippen LogP contribution in [0.4, 0.5) is 11.4 Å². The highest BCUT2D eigenvalue weighted by molar-refractivity contribution is 6.01. The molecular formula is C24H26N4O5. The van der Waals surface area contributed by atoms with Crippen LogP contribution < -0.4 is 10.6 Å². The number of hydrogen-bond donors (Lipinski definition) is 2. The average molecular weight is 450 g/mol. The van der Waals surface area contributed by atoms with Crippen molar-refractivity contribution in [2.75, 3.05) is 5.32 Å². The van der Waals surface area contributed by atoms with E-state index in [1.54, 1.807) is 12.1 Å². The van der Waals surface area contributed by atoms with Crippen LogP contribution in [-0.2, 0) is 9.59 Å². The molecule has 2 aromatic rings. The van der Waals surface area contributed by atoms with Gasteiger partial charge in [0.25, 0.3) is 11.6 Å². The summed E-state index contributed by atoms with van der Waals surface area (Å²) in [6.07, 6.45) is 3.19. The number of hydrogen-bond acceptors (Lipinski definition) is 5. The van der Waals surface area contributed by atoms with Gasteiger partial charge in [-0.15, -0.1) is 0 Å². The van der Waals surface area contributed by atoms with Crippen LogP contribution in [-0.4, -0.2) is 45.7 Å². The number of aryl methyl sites for hydroxylation is 1. The maximum atomic E-state index is 13.5. The molecule has 3 amide bonds. The first-order valence-corrected chi connectivity index (χ1v) is 11.1. The van der Waals surface area contributed by atoms with Gasteiger partial charge in [0.15, 0.2) is 0 Å². The van der Waals surface area contributed by atoms with E-state index in [1.807, 2.05) is 19.1 Å². The van der Waals surface area contributed by atoms with Crippen LogP contribution in [0, 0.1) is 17.0 Å². The van der Waals surface area contributed by atoms with Gasteiger partial charge < -0.3 is 15.5 Å². The van der Waals surface area contributed by atoms with Crippen LogP contribution in [0.1, 0.15) is 48.0 Å². The molecule has 2 aromatic carbocycles. The molecule has 4 rings (SSSR count). The number of amides is 3. The van der Waals surface area contributed by atoms with Gasteiger partial charge in [0.05, 0.1) is 17.4 Å². The molecule has 172 valence electrons.